The van der Waals surface area contributed by atoms with Crippen LogP contribution in [0.5, 0.6) is 0 Å². The van der Waals surface area contributed by atoms with Gasteiger partial charge in [-0.3, -0.25) is 0 Å². The van der Waals surface area contributed by atoms with E-state index in [0.29, 0.717) is 0 Å². The van der Waals surface area contributed by atoms with Gasteiger partial charge in [0.15, 0.2) is 0 Å². The first-order chi connectivity index (χ1) is 3.30. The summed E-state index contributed by atoms with van der Waals surface area (Å²) < 4.78 is 20.2. The van der Waals surface area contributed by atoms with Gasteiger partial charge in [-0.2, -0.15) is 4.39 Å². The highest BCUT2D eigenvalue weighted by atomic mass is 35.5. The zero-order valence-electron chi connectivity index (χ0n) is 3.28. The van der Waals surface area contributed by atoms with Gasteiger partial charge in [0, 0.05) is 0 Å². The van der Waals surface area contributed by atoms with Gasteiger partial charge in [0.1, 0.15) is 0 Å². The smallest absolute Gasteiger partial charge is 0.331 e. The summed E-state index contributed by atoms with van der Waals surface area (Å²) in [7, 11) is 0. The standard InChI is InChI=1S/C3H2ClFO2/c4-2-3(5)7-1-6-2/h1H2. The van der Waals surface area contributed by atoms with Crippen molar-refractivity contribution in [3.8, 4) is 0 Å². The maximum absolute atomic E-state index is 11.7. The van der Waals surface area contributed by atoms with Crippen molar-refractivity contribution in [1.29, 1.82) is 0 Å². The summed E-state index contributed by atoms with van der Waals surface area (Å²) in [6, 6.07) is -0.832. The van der Waals surface area contributed by atoms with Crippen LogP contribution in [0.1, 0.15) is 0 Å². The number of halogens is 2. The van der Waals surface area contributed by atoms with Crippen LogP contribution in [0.25, 0.3) is 0 Å². The van der Waals surface area contributed by atoms with Crippen molar-refractivity contribution in [2.75, 3.05) is 6.79 Å². The molecule has 40 valence electrons. The molecule has 0 atom stereocenters. The Morgan fingerprint density at radius 3 is 2.43 bits per heavy atom. The van der Waals surface area contributed by atoms with Crippen LogP contribution in [0.15, 0.2) is 11.2 Å². The maximum atomic E-state index is 11.7. The largest absolute Gasteiger partial charge is 0.441 e. The normalized spacial score (nSPS) is 19.1. The molecule has 0 spiro atoms. The topological polar surface area (TPSA) is 18.5 Å². The second-order valence-corrected chi connectivity index (χ2v) is 1.30. The zero-order chi connectivity index (χ0) is 5.28. The lowest BCUT2D eigenvalue weighted by molar-refractivity contribution is 0.0568. The van der Waals surface area contributed by atoms with Gasteiger partial charge in [0.05, 0.1) is 0 Å². The van der Waals surface area contributed by atoms with Crippen LogP contribution < -0.4 is 0 Å². The van der Waals surface area contributed by atoms with Crippen molar-refractivity contribution >= 4 is 11.6 Å². The quantitative estimate of drug-likeness (QED) is 0.485. The van der Waals surface area contributed by atoms with Crippen molar-refractivity contribution in [3.05, 3.63) is 11.2 Å². The molecule has 0 radical (unpaired) electrons. The van der Waals surface area contributed by atoms with Crippen LogP contribution in [0, 0.1) is 0 Å². The minimum atomic E-state index is -0.832. The van der Waals surface area contributed by atoms with Crippen LogP contribution in [-0.2, 0) is 9.47 Å². The van der Waals surface area contributed by atoms with Crippen LogP contribution in [-0.4, -0.2) is 6.79 Å². The third-order valence-electron chi connectivity index (χ3n) is 0.526. The van der Waals surface area contributed by atoms with Gasteiger partial charge in [-0.1, -0.05) is 0 Å². The molecule has 1 aliphatic heterocycles. The van der Waals surface area contributed by atoms with Crippen molar-refractivity contribution in [2.24, 2.45) is 0 Å². The van der Waals surface area contributed by atoms with Gasteiger partial charge >= 0.3 is 6.01 Å². The molecular weight excluding hydrogens is 122 g/mol. The van der Waals surface area contributed by atoms with E-state index in [0.717, 1.165) is 0 Å². The average Bonchev–Trinajstić information content (AvgIpc) is 1.91. The number of rotatable bonds is 0. The van der Waals surface area contributed by atoms with Crippen LogP contribution in [0.4, 0.5) is 4.39 Å². The lowest BCUT2D eigenvalue weighted by Crippen LogP contribution is -1.78. The van der Waals surface area contributed by atoms with E-state index in [2.05, 4.69) is 9.47 Å². The molecule has 4 heteroatoms. The average molecular weight is 124 g/mol. The van der Waals surface area contributed by atoms with E-state index in [1.54, 1.807) is 0 Å². The molecule has 0 amide bonds. The Labute approximate surface area is 44.5 Å². The summed E-state index contributed by atoms with van der Waals surface area (Å²) in [5, 5.41) is -0.292. The molecule has 0 unspecified atom stereocenters. The highest BCUT2D eigenvalue weighted by molar-refractivity contribution is 6.28. The predicted molar refractivity (Wildman–Crippen MR) is 21.0 cm³/mol. The molecule has 0 aromatic heterocycles. The summed E-state index contributed by atoms with van der Waals surface area (Å²) in [4.78, 5) is 0. The molecule has 1 aliphatic rings. The summed E-state index contributed by atoms with van der Waals surface area (Å²) in [6.07, 6.45) is 0. The number of hydrogen-bond acceptors (Lipinski definition) is 2. The molecule has 2 nitrogen and oxygen atoms in total. The molecule has 0 fully saturated rings. The van der Waals surface area contributed by atoms with E-state index < -0.39 is 6.01 Å². The lowest BCUT2D eigenvalue weighted by atomic mass is 11.0. The number of ether oxygens (including phenoxy) is 2. The molecule has 0 aromatic carbocycles. The number of hydrogen-bond donors (Lipinski definition) is 0. The summed E-state index contributed by atoms with van der Waals surface area (Å²) in [5.74, 6) is 0. The molecule has 0 saturated heterocycles. The van der Waals surface area contributed by atoms with Gasteiger partial charge in [-0.05, 0) is 11.6 Å². The fraction of sp³-hybridized carbons (Fsp3) is 0.333. The van der Waals surface area contributed by atoms with E-state index in [-0.39, 0.29) is 12.0 Å². The van der Waals surface area contributed by atoms with Crippen LogP contribution >= 0.6 is 11.6 Å². The fourth-order valence-electron chi connectivity index (χ4n) is 0.246. The third kappa shape index (κ3) is 0.771. The Morgan fingerprint density at radius 2 is 2.29 bits per heavy atom. The Bertz CT molecular complexity index is 99.5. The van der Waals surface area contributed by atoms with Crippen LogP contribution in [0.2, 0.25) is 0 Å². The SMILES string of the molecule is FC1=C(Cl)OCO1. The molecule has 0 saturated carbocycles. The lowest BCUT2D eigenvalue weighted by Gasteiger charge is -1.84. The Hall–Kier alpha value is -0.440. The first-order valence-corrected chi connectivity index (χ1v) is 1.99. The Balaban J connectivity index is 2.64. The predicted octanol–water partition coefficient (Wildman–Crippen LogP) is 1.33. The van der Waals surface area contributed by atoms with Crippen molar-refractivity contribution < 1.29 is 13.9 Å². The Morgan fingerprint density at radius 1 is 1.57 bits per heavy atom. The van der Waals surface area contributed by atoms with E-state index in [1.807, 2.05) is 0 Å². The maximum Gasteiger partial charge on any atom is 0.331 e. The van der Waals surface area contributed by atoms with Gasteiger partial charge in [-0.25, -0.2) is 0 Å². The molecule has 1 rings (SSSR count). The zero-order valence-corrected chi connectivity index (χ0v) is 4.04. The van der Waals surface area contributed by atoms with Crippen molar-refractivity contribution in [1.82, 2.24) is 0 Å². The van der Waals surface area contributed by atoms with Crippen molar-refractivity contribution in [3.63, 3.8) is 0 Å². The first-order valence-electron chi connectivity index (χ1n) is 1.61. The highest BCUT2D eigenvalue weighted by Gasteiger charge is 2.13. The van der Waals surface area contributed by atoms with Gasteiger partial charge in [0.25, 0.3) is 5.22 Å². The minimum Gasteiger partial charge on any atom is -0.441 e. The highest BCUT2D eigenvalue weighted by Crippen LogP contribution is 2.19. The second kappa shape index (κ2) is 1.58. The molecule has 0 aliphatic carbocycles. The monoisotopic (exact) mass is 124 g/mol. The molecule has 7 heavy (non-hydrogen) atoms. The summed E-state index contributed by atoms with van der Waals surface area (Å²) in [5.41, 5.74) is 0. The fourth-order valence-corrected chi connectivity index (χ4v) is 0.346. The summed E-state index contributed by atoms with van der Waals surface area (Å²) >= 11 is 5.02. The van der Waals surface area contributed by atoms with Crippen molar-refractivity contribution in [2.45, 2.75) is 0 Å². The van der Waals surface area contributed by atoms with Gasteiger partial charge < -0.3 is 9.47 Å². The molecular formula is C3H2ClFO2. The van der Waals surface area contributed by atoms with E-state index in [9.17, 15) is 4.39 Å². The summed E-state index contributed by atoms with van der Waals surface area (Å²) in [6.45, 7) is -0.106. The first kappa shape index (κ1) is 4.71. The van der Waals surface area contributed by atoms with Crippen LogP contribution in [0.3, 0.4) is 0 Å². The Kier molecular flexibility index (Phi) is 1.06. The van der Waals surface area contributed by atoms with E-state index in [4.69, 9.17) is 11.6 Å². The van der Waals surface area contributed by atoms with Gasteiger partial charge in [0.2, 0.25) is 6.79 Å². The molecule has 0 aromatic rings. The van der Waals surface area contributed by atoms with Gasteiger partial charge in [-0.15, -0.1) is 0 Å². The minimum absolute atomic E-state index is 0.106. The third-order valence-corrected chi connectivity index (χ3v) is 0.784. The van der Waals surface area contributed by atoms with E-state index >= 15 is 0 Å². The molecule has 0 bridgehead atoms. The van der Waals surface area contributed by atoms with E-state index in [1.165, 1.54) is 0 Å². The second-order valence-electron chi connectivity index (χ2n) is 0.954. The molecule has 1 heterocycles. The molecule has 0 N–H and O–H groups in total.